The van der Waals surface area contributed by atoms with Gasteiger partial charge in [-0.05, 0) is 73.5 Å². The molecule has 0 heterocycles. The minimum atomic E-state index is -3.98. The second-order valence-electron chi connectivity index (χ2n) is 8.76. The second kappa shape index (κ2) is 12.2. The molecule has 0 fully saturated rings. The zero-order valence-electron chi connectivity index (χ0n) is 21.2. The highest BCUT2D eigenvalue weighted by Gasteiger charge is 2.28. The fourth-order valence-corrected chi connectivity index (χ4v) is 5.27. The van der Waals surface area contributed by atoms with Crippen LogP contribution in [0.25, 0.3) is 0 Å². The Hall–Kier alpha value is -4.43. The highest BCUT2D eigenvalue weighted by Crippen LogP contribution is 2.29. The first-order chi connectivity index (χ1) is 18.3. The van der Waals surface area contributed by atoms with Crippen LogP contribution in [0, 0.1) is 0 Å². The van der Waals surface area contributed by atoms with E-state index >= 15 is 0 Å². The van der Waals surface area contributed by atoms with Gasteiger partial charge in [-0.25, -0.2) is 13.8 Å². The monoisotopic (exact) mass is 527 g/mol. The zero-order valence-corrected chi connectivity index (χ0v) is 22.0. The van der Waals surface area contributed by atoms with Crippen LogP contribution in [0.4, 0.5) is 5.69 Å². The summed E-state index contributed by atoms with van der Waals surface area (Å²) >= 11 is 0. The van der Waals surface area contributed by atoms with Gasteiger partial charge in [-0.2, -0.15) is 5.10 Å². The number of para-hydroxylation sites is 1. The summed E-state index contributed by atoms with van der Waals surface area (Å²) < 4.78 is 34.4. The number of amides is 1. The van der Waals surface area contributed by atoms with Crippen molar-refractivity contribution in [2.45, 2.75) is 31.4 Å². The van der Waals surface area contributed by atoms with Crippen LogP contribution in [0.3, 0.4) is 0 Å². The molecule has 0 saturated carbocycles. The first-order valence-electron chi connectivity index (χ1n) is 12.2. The summed E-state index contributed by atoms with van der Waals surface area (Å²) in [6.45, 7) is 3.96. The Morgan fingerprint density at radius 2 is 1.47 bits per heavy atom. The van der Waals surface area contributed by atoms with Gasteiger partial charge in [-0.1, -0.05) is 60.7 Å². The number of rotatable bonds is 10. The summed E-state index contributed by atoms with van der Waals surface area (Å²) in [5.41, 5.74) is 4.51. The van der Waals surface area contributed by atoms with Crippen LogP contribution < -0.4 is 14.5 Å². The molecule has 0 radical (unpaired) electrons. The maximum Gasteiger partial charge on any atom is 0.273 e. The van der Waals surface area contributed by atoms with Crippen LogP contribution in [0.15, 0.2) is 119 Å². The molecule has 0 aliphatic carbocycles. The lowest BCUT2D eigenvalue weighted by Gasteiger charge is -2.26. The smallest absolute Gasteiger partial charge is 0.273 e. The molecule has 1 amide bonds. The predicted octanol–water partition coefficient (Wildman–Crippen LogP) is 5.63. The van der Waals surface area contributed by atoms with Crippen molar-refractivity contribution in [3.63, 3.8) is 0 Å². The number of benzene rings is 4. The van der Waals surface area contributed by atoms with Crippen molar-refractivity contribution in [1.29, 1.82) is 0 Å². The number of hydrazone groups is 1. The number of carbonyl (C=O) groups is 1. The van der Waals surface area contributed by atoms with Crippen LogP contribution >= 0.6 is 0 Å². The highest BCUT2D eigenvalue weighted by molar-refractivity contribution is 7.92. The maximum atomic E-state index is 13.8. The van der Waals surface area contributed by atoms with Crippen molar-refractivity contribution in [3.8, 4) is 5.75 Å². The van der Waals surface area contributed by atoms with Crippen molar-refractivity contribution in [2.24, 2.45) is 5.10 Å². The lowest BCUT2D eigenvalue weighted by molar-refractivity contribution is 0.0955. The molecule has 0 aliphatic rings. The summed E-state index contributed by atoms with van der Waals surface area (Å²) in [5.74, 6) is 0.214. The molecule has 4 aromatic carbocycles. The van der Waals surface area contributed by atoms with Gasteiger partial charge in [0.25, 0.3) is 15.9 Å². The largest absolute Gasteiger partial charge is 0.491 e. The van der Waals surface area contributed by atoms with E-state index in [1.807, 2.05) is 68.4 Å². The van der Waals surface area contributed by atoms with E-state index in [0.29, 0.717) is 0 Å². The fourth-order valence-electron chi connectivity index (χ4n) is 3.78. The standard InChI is InChI=1S/C30H29N3O4S/c1-23(2)37-26-19-17-24(18-20-26)21-31-32-30(34)28-15-9-10-16-29(28)33(22-25-11-5-3-6-12-25)38(35,36)27-13-7-4-8-14-27/h3-21,23H,22H2,1-2H3,(H,32,34)/b31-21-. The normalized spacial score (nSPS) is 11.4. The highest BCUT2D eigenvalue weighted by atomic mass is 32.2. The average Bonchev–Trinajstić information content (AvgIpc) is 2.93. The van der Waals surface area contributed by atoms with E-state index in [1.54, 1.807) is 42.5 Å². The van der Waals surface area contributed by atoms with Crippen molar-refractivity contribution in [3.05, 3.63) is 126 Å². The molecule has 8 heteroatoms. The van der Waals surface area contributed by atoms with Crippen LogP contribution in [-0.2, 0) is 16.6 Å². The third-order valence-corrected chi connectivity index (χ3v) is 7.32. The van der Waals surface area contributed by atoms with Crippen LogP contribution in [0.2, 0.25) is 0 Å². The van der Waals surface area contributed by atoms with E-state index < -0.39 is 15.9 Å². The summed E-state index contributed by atoms with van der Waals surface area (Å²) in [6.07, 6.45) is 1.59. The van der Waals surface area contributed by atoms with Crippen molar-refractivity contribution in [1.82, 2.24) is 5.43 Å². The third-order valence-electron chi connectivity index (χ3n) is 5.55. The number of nitrogens with one attached hydrogen (secondary N) is 1. The summed E-state index contributed by atoms with van der Waals surface area (Å²) in [4.78, 5) is 13.3. The molecular weight excluding hydrogens is 498 g/mol. The zero-order chi connectivity index (χ0) is 27.0. The van der Waals surface area contributed by atoms with Gasteiger partial charge in [0.2, 0.25) is 0 Å². The lowest BCUT2D eigenvalue weighted by Crippen LogP contribution is -2.33. The second-order valence-corrected chi connectivity index (χ2v) is 10.6. The average molecular weight is 528 g/mol. The Morgan fingerprint density at radius 1 is 0.868 bits per heavy atom. The first-order valence-corrected chi connectivity index (χ1v) is 13.6. The molecule has 194 valence electrons. The van der Waals surface area contributed by atoms with Gasteiger partial charge in [0.1, 0.15) is 5.75 Å². The molecule has 4 rings (SSSR count). The Kier molecular flexibility index (Phi) is 8.55. The molecular formula is C30H29N3O4S. The minimum absolute atomic E-state index is 0.0520. The number of hydrogen-bond acceptors (Lipinski definition) is 5. The molecule has 0 aromatic heterocycles. The molecule has 0 spiro atoms. The van der Waals surface area contributed by atoms with Crippen molar-refractivity contribution in [2.75, 3.05) is 4.31 Å². The van der Waals surface area contributed by atoms with Gasteiger partial charge in [0.05, 0.1) is 35.0 Å². The number of sulfonamides is 1. The van der Waals surface area contributed by atoms with E-state index in [2.05, 4.69) is 10.5 Å². The minimum Gasteiger partial charge on any atom is -0.491 e. The Bertz CT molecular complexity index is 1490. The van der Waals surface area contributed by atoms with E-state index in [9.17, 15) is 13.2 Å². The number of hydrogen-bond donors (Lipinski definition) is 1. The summed E-state index contributed by atoms with van der Waals surface area (Å²) in [7, 11) is -3.98. The molecule has 4 aromatic rings. The maximum absolute atomic E-state index is 13.8. The lowest BCUT2D eigenvalue weighted by atomic mass is 10.1. The Morgan fingerprint density at radius 3 is 2.13 bits per heavy atom. The first kappa shape index (κ1) is 26.6. The van der Waals surface area contributed by atoms with E-state index in [-0.39, 0.29) is 28.8 Å². The van der Waals surface area contributed by atoms with Crippen LogP contribution in [0.1, 0.15) is 35.3 Å². The molecule has 0 aliphatic heterocycles. The number of ether oxygens (including phenoxy) is 1. The molecule has 0 atom stereocenters. The van der Waals surface area contributed by atoms with Crippen molar-refractivity contribution >= 4 is 27.8 Å². The van der Waals surface area contributed by atoms with Gasteiger partial charge in [-0.15, -0.1) is 0 Å². The number of anilines is 1. The molecule has 38 heavy (non-hydrogen) atoms. The third kappa shape index (κ3) is 6.66. The van der Waals surface area contributed by atoms with Gasteiger partial charge in [-0.3, -0.25) is 9.10 Å². The van der Waals surface area contributed by atoms with E-state index in [0.717, 1.165) is 16.9 Å². The molecule has 7 nitrogen and oxygen atoms in total. The van der Waals surface area contributed by atoms with E-state index in [4.69, 9.17) is 4.74 Å². The molecule has 0 bridgehead atoms. The van der Waals surface area contributed by atoms with Crippen LogP contribution in [0.5, 0.6) is 5.75 Å². The summed E-state index contributed by atoms with van der Waals surface area (Å²) in [6, 6.07) is 31.3. The molecule has 0 unspecified atom stereocenters. The Balaban J connectivity index is 1.61. The van der Waals surface area contributed by atoms with Gasteiger partial charge in [0, 0.05) is 0 Å². The fraction of sp³-hybridized carbons (Fsp3) is 0.133. The van der Waals surface area contributed by atoms with Crippen LogP contribution in [-0.4, -0.2) is 26.6 Å². The summed E-state index contributed by atoms with van der Waals surface area (Å²) in [5, 5.41) is 4.08. The van der Waals surface area contributed by atoms with E-state index in [1.165, 1.54) is 22.7 Å². The van der Waals surface area contributed by atoms with Gasteiger partial charge >= 0.3 is 0 Å². The Labute approximate surface area is 223 Å². The molecule has 1 N–H and O–H groups in total. The SMILES string of the molecule is CC(C)Oc1ccc(/C=N\NC(=O)c2ccccc2N(Cc2ccccc2)S(=O)(=O)c2ccccc2)cc1. The quantitative estimate of drug-likeness (QED) is 0.214. The number of carbonyl (C=O) groups excluding carboxylic acids is 1. The van der Waals surface area contributed by atoms with Gasteiger partial charge in [0.15, 0.2) is 0 Å². The topological polar surface area (TPSA) is 88.1 Å². The van der Waals surface area contributed by atoms with Crippen molar-refractivity contribution < 1.29 is 17.9 Å². The molecule has 0 saturated heterocycles. The predicted molar refractivity (Wildman–Crippen MR) is 150 cm³/mol. The van der Waals surface area contributed by atoms with Gasteiger partial charge < -0.3 is 4.74 Å². The number of nitrogens with zero attached hydrogens (tertiary/aromatic N) is 2.